The first-order valence-corrected chi connectivity index (χ1v) is 20.5. The second-order valence-corrected chi connectivity index (χ2v) is 17.4. The van der Waals surface area contributed by atoms with E-state index in [0.717, 1.165) is 43.9 Å². The lowest BCUT2D eigenvalue weighted by Gasteiger charge is -2.23. The molecule has 2 aliphatic carbocycles. The van der Waals surface area contributed by atoms with Gasteiger partial charge in [0.1, 0.15) is 0 Å². The lowest BCUT2D eigenvalue weighted by Crippen LogP contribution is -2.15. The third kappa shape index (κ3) is 4.53. The Balaban J connectivity index is 1.12. The lowest BCUT2D eigenvalue weighted by molar-refractivity contribution is -0.137. The van der Waals surface area contributed by atoms with Crippen LogP contribution in [0.2, 0.25) is 0 Å². The van der Waals surface area contributed by atoms with E-state index < -0.39 is 11.7 Å². The molecule has 10 aromatic rings. The number of rotatable bonds is 3. The van der Waals surface area contributed by atoms with Crippen molar-refractivity contribution in [2.75, 3.05) is 0 Å². The number of alkyl halides is 3. The normalized spacial score (nSPS) is 14.8. The number of para-hydroxylation sites is 2. The van der Waals surface area contributed by atoms with Crippen molar-refractivity contribution in [1.82, 2.24) is 14.1 Å². The minimum atomic E-state index is -4.56. The van der Waals surface area contributed by atoms with Crippen molar-refractivity contribution in [2.45, 2.75) is 44.7 Å². The average molecular weight is 786 g/mol. The van der Waals surface area contributed by atoms with Crippen molar-refractivity contribution >= 4 is 43.6 Å². The van der Waals surface area contributed by atoms with Gasteiger partial charge >= 0.3 is 6.18 Å². The molecule has 3 heterocycles. The molecule has 7 aromatic carbocycles. The second-order valence-electron chi connectivity index (χ2n) is 17.4. The van der Waals surface area contributed by atoms with Crippen LogP contribution in [0, 0.1) is 0 Å². The van der Waals surface area contributed by atoms with Crippen LogP contribution in [0.25, 0.3) is 88.5 Å². The summed E-state index contributed by atoms with van der Waals surface area (Å²) < 4.78 is 48.5. The molecule has 0 radical (unpaired) electrons. The van der Waals surface area contributed by atoms with Gasteiger partial charge in [0.2, 0.25) is 0 Å². The topological polar surface area (TPSA) is 22.8 Å². The Hall–Kier alpha value is -6.92. The molecule has 0 fully saturated rings. The molecule has 6 heteroatoms. The summed E-state index contributed by atoms with van der Waals surface area (Å²) in [6.45, 7) is 9.13. The summed E-state index contributed by atoms with van der Waals surface area (Å²) in [5.41, 5.74) is 15.0. The van der Waals surface area contributed by atoms with Gasteiger partial charge in [-0.2, -0.15) is 13.2 Å². The van der Waals surface area contributed by atoms with Crippen molar-refractivity contribution in [1.29, 1.82) is 0 Å². The molecule has 60 heavy (non-hydrogen) atoms. The van der Waals surface area contributed by atoms with Crippen LogP contribution in [0.1, 0.15) is 55.5 Å². The van der Waals surface area contributed by atoms with Gasteiger partial charge in [0.25, 0.3) is 0 Å². The van der Waals surface area contributed by atoms with Crippen molar-refractivity contribution in [3.63, 3.8) is 0 Å². The van der Waals surface area contributed by atoms with Crippen molar-refractivity contribution in [3.05, 3.63) is 186 Å². The maximum atomic E-state index is 14.7. The molecule has 0 aliphatic heterocycles. The highest BCUT2D eigenvalue weighted by Gasteiger charge is 2.40. The molecule has 0 bridgehead atoms. The largest absolute Gasteiger partial charge is 0.416 e. The summed E-state index contributed by atoms with van der Waals surface area (Å²) in [5, 5.41) is 4.48. The van der Waals surface area contributed by atoms with Crippen LogP contribution in [0.15, 0.2) is 158 Å². The van der Waals surface area contributed by atoms with E-state index in [1.807, 2.05) is 30.3 Å². The Morgan fingerprint density at radius 3 is 1.57 bits per heavy atom. The number of nitrogens with zero attached hydrogens (tertiary/aromatic N) is 3. The molecule has 0 saturated carbocycles. The predicted molar refractivity (Wildman–Crippen MR) is 238 cm³/mol. The Labute approximate surface area is 345 Å². The third-order valence-corrected chi connectivity index (χ3v) is 13.6. The minimum Gasteiger partial charge on any atom is -0.309 e. The molecule has 0 saturated heterocycles. The van der Waals surface area contributed by atoms with Gasteiger partial charge in [-0.05, 0) is 99.1 Å². The highest BCUT2D eigenvalue weighted by Crippen LogP contribution is 2.55. The van der Waals surface area contributed by atoms with Crippen LogP contribution in [0.4, 0.5) is 13.2 Å². The average Bonchev–Trinajstić information content (AvgIpc) is 3.92. The molecule has 0 amide bonds. The van der Waals surface area contributed by atoms with E-state index in [-0.39, 0.29) is 10.8 Å². The van der Waals surface area contributed by atoms with E-state index in [0.29, 0.717) is 16.9 Å². The monoisotopic (exact) mass is 785 g/mol. The SMILES string of the molecule is CC1(C)c2ccccc2-c2ccc3c(c21)c1ccccc1n3-c1ccnc(-c2cc(C(F)(F)F)ccc2-n2c3ccccc3c3c4c(ccc32)-c2ccccc2C4(C)C)c1. The Kier molecular flexibility index (Phi) is 6.93. The molecule has 0 unspecified atom stereocenters. The minimum absolute atomic E-state index is 0.239. The zero-order valence-corrected chi connectivity index (χ0v) is 33.5. The van der Waals surface area contributed by atoms with Gasteiger partial charge in [-0.3, -0.25) is 4.98 Å². The van der Waals surface area contributed by atoms with Crippen LogP contribution < -0.4 is 0 Å². The van der Waals surface area contributed by atoms with Gasteiger partial charge in [0, 0.05) is 49.8 Å². The third-order valence-electron chi connectivity index (χ3n) is 13.6. The fraction of sp³-hybridized carbons (Fsp3) is 0.130. The first-order valence-electron chi connectivity index (χ1n) is 20.5. The Morgan fingerprint density at radius 2 is 0.983 bits per heavy atom. The van der Waals surface area contributed by atoms with E-state index in [1.165, 1.54) is 62.0 Å². The molecular formula is C54H38F3N3. The number of benzene rings is 7. The quantitative estimate of drug-likeness (QED) is 0.175. The lowest BCUT2D eigenvalue weighted by atomic mass is 9.80. The molecule has 0 spiro atoms. The van der Waals surface area contributed by atoms with E-state index >= 15 is 0 Å². The maximum Gasteiger partial charge on any atom is 0.416 e. The zero-order chi connectivity index (χ0) is 40.9. The van der Waals surface area contributed by atoms with Gasteiger partial charge in [0.15, 0.2) is 0 Å². The van der Waals surface area contributed by atoms with Crippen molar-refractivity contribution in [2.24, 2.45) is 0 Å². The molecule has 3 aromatic heterocycles. The Morgan fingerprint density at radius 1 is 0.467 bits per heavy atom. The highest BCUT2D eigenvalue weighted by atomic mass is 19.4. The van der Waals surface area contributed by atoms with Gasteiger partial charge < -0.3 is 9.13 Å². The van der Waals surface area contributed by atoms with Gasteiger partial charge in [-0.25, -0.2) is 0 Å². The van der Waals surface area contributed by atoms with Gasteiger partial charge in [-0.15, -0.1) is 0 Å². The fourth-order valence-corrected chi connectivity index (χ4v) is 11.0. The molecule has 290 valence electrons. The van der Waals surface area contributed by atoms with Crippen LogP contribution in [0.3, 0.4) is 0 Å². The first kappa shape index (κ1) is 35.1. The highest BCUT2D eigenvalue weighted by molar-refractivity contribution is 6.16. The molecule has 12 rings (SSSR count). The zero-order valence-electron chi connectivity index (χ0n) is 33.5. The number of halogens is 3. The van der Waals surface area contributed by atoms with Crippen molar-refractivity contribution in [3.8, 4) is 44.9 Å². The summed E-state index contributed by atoms with van der Waals surface area (Å²) in [6, 6.07) is 50.6. The number of hydrogen-bond donors (Lipinski definition) is 0. The van der Waals surface area contributed by atoms with E-state index in [2.05, 4.69) is 140 Å². The molecular weight excluding hydrogens is 748 g/mol. The molecule has 3 nitrogen and oxygen atoms in total. The number of pyridine rings is 1. The smallest absolute Gasteiger partial charge is 0.309 e. The van der Waals surface area contributed by atoms with Gasteiger partial charge in [0.05, 0.1) is 39.0 Å². The summed E-state index contributed by atoms with van der Waals surface area (Å²) in [5.74, 6) is 0. The standard InChI is InChI=1S/C54H38F3N3/c1-52(2)40-17-9-5-13-33(40)35-22-25-46-48(50(35)52)37-15-7-11-19-43(37)59(46)32-27-28-58-42(30-32)39-29-31(54(55,56)57)21-24-45(39)60-44-20-12-8-16-38(44)49-47(60)26-23-36-34-14-6-10-18-41(34)53(3,4)51(36)49/h5-30H,1-4H3. The van der Waals surface area contributed by atoms with Crippen LogP contribution in [-0.2, 0) is 17.0 Å². The van der Waals surface area contributed by atoms with E-state index in [4.69, 9.17) is 4.98 Å². The molecule has 0 N–H and O–H groups in total. The van der Waals surface area contributed by atoms with E-state index in [9.17, 15) is 13.2 Å². The van der Waals surface area contributed by atoms with Crippen molar-refractivity contribution < 1.29 is 13.2 Å². The molecule has 2 aliphatic rings. The number of fused-ring (bicyclic) bond motifs is 14. The number of hydrogen-bond acceptors (Lipinski definition) is 1. The van der Waals surface area contributed by atoms with Crippen LogP contribution >= 0.6 is 0 Å². The maximum absolute atomic E-state index is 14.7. The number of aromatic nitrogens is 3. The summed E-state index contributed by atoms with van der Waals surface area (Å²) in [6.07, 6.45) is -2.83. The first-order chi connectivity index (χ1) is 28.9. The fourth-order valence-electron chi connectivity index (χ4n) is 11.0. The predicted octanol–water partition coefficient (Wildman–Crippen LogP) is 14.6. The van der Waals surface area contributed by atoms with Crippen LogP contribution in [-0.4, -0.2) is 14.1 Å². The van der Waals surface area contributed by atoms with Gasteiger partial charge in [-0.1, -0.05) is 125 Å². The summed E-state index contributed by atoms with van der Waals surface area (Å²) in [4.78, 5) is 4.86. The Bertz CT molecular complexity index is 3490. The second kappa shape index (κ2) is 11.9. The summed E-state index contributed by atoms with van der Waals surface area (Å²) in [7, 11) is 0. The van der Waals surface area contributed by atoms with Crippen LogP contribution in [0.5, 0.6) is 0 Å². The summed E-state index contributed by atoms with van der Waals surface area (Å²) >= 11 is 0. The van der Waals surface area contributed by atoms with E-state index in [1.54, 1.807) is 12.3 Å². The molecule has 0 atom stereocenters.